The van der Waals surface area contributed by atoms with Gasteiger partial charge in [-0.25, -0.2) is 0 Å². The summed E-state index contributed by atoms with van der Waals surface area (Å²) in [5.41, 5.74) is 0. The molecule has 1 N–H and O–H groups in total. The first kappa shape index (κ1) is 15.0. The largest absolute Gasteiger partial charge is 0.393 e. The van der Waals surface area contributed by atoms with Crippen molar-refractivity contribution in [2.24, 2.45) is 0 Å². The summed E-state index contributed by atoms with van der Waals surface area (Å²) in [5.74, 6) is 0. The zero-order chi connectivity index (χ0) is 11.4. The van der Waals surface area contributed by atoms with Crippen LogP contribution in [0.25, 0.3) is 0 Å². The Kier molecular flexibility index (Phi) is 12.0. The van der Waals surface area contributed by atoms with Gasteiger partial charge in [0.25, 0.3) is 0 Å². The summed E-state index contributed by atoms with van der Waals surface area (Å²) >= 11 is 0. The molecule has 1 atom stereocenters. The van der Waals surface area contributed by atoms with Crippen LogP contribution in [0, 0.1) is 6.92 Å². The van der Waals surface area contributed by atoms with E-state index in [9.17, 15) is 0 Å². The second-order valence-electron chi connectivity index (χ2n) is 4.67. The van der Waals surface area contributed by atoms with Gasteiger partial charge in [-0.3, -0.25) is 0 Å². The number of hydrogen-bond acceptors (Lipinski definition) is 1. The van der Waals surface area contributed by atoms with E-state index >= 15 is 0 Å². The molecule has 0 saturated heterocycles. The van der Waals surface area contributed by atoms with E-state index in [1.54, 1.807) is 0 Å². The number of aliphatic hydroxyl groups excluding tert-OH is 1. The summed E-state index contributed by atoms with van der Waals surface area (Å²) in [7, 11) is 0. The van der Waals surface area contributed by atoms with Crippen LogP contribution in [0.15, 0.2) is 0 Å². The van der Waals surface area contributed by atoms with Crippen LogP contribution in [0.1, 0.15) is 77.6 Å². The van der Waals surface area contributed by atoms with Crippen LogP contribution in [0.3, 0.4) is 0 Å². The van der Waals surface area contributed by atoms with Gasteiger partial charge in [-0.05, 0) is 13.3 Å². The van der Waals surface area contributed by atoms with E-state index < -0.39 is 0 Å². The normalized spacial score (nSPS) is 13.0. The highest BCUT2D eigenvalue weighted by Crippen LogP contribution is 2.11. The van der Waals surface area contributed by atoms with E-state index in [1.165, 1.54) is 57.8 Å². The third-order valence-corrected chi connectivity index (χ3v) is 2.87. The van der Waals surface area contributed by atoms with Crippen molar-refractivity contribution < 1.29 is 5.11 Å². The highest BCUT2D eigenvalue weighted by atomic mass is 16.3. The van der Waals surface area contributed by atoms with Crippen LogP contribution in [-0.2, 0) is 0 Å². The van der Waals surface area contributed by atoms with E-state index in [-0.39, 0.29) is 6.10 Å². The van der Waals surface area contributed by atoms with E-state index in [1.807, 2.05) is 6.92 Å². The van der Waals surface area contributed by atoms with Crippen molar-refractivity contribution in [2.75, 3.05) is 0 Å². The van der Waals surface area contributed by atoms with Gasteiger partial charge in [-0.15, -0.1) is 0 Å². The van der Waals surface area contributed by atoms with Crippen molar-refractivity contribution in [3.8, 4) is 0 Å². The highest BCUT2D eigenvalue weighted by Gasteiger charge is 1.95. The summed E-state index contributed by atoms with van der Waals surface area (Å²) in [5, 5.41) is 9.07. The van der Waals surface area contributed by atoms with Gasteiger partial charge >= 0.3 is 0 Å². The molecule has 0 aromatic heterocycles. The van der Waals surface area contributed by atoms with E-state index in [4.69, 9.17) is 5.11 Å². The lowest BCUT2D eigenvalue weighted by Crippen LogP contribution is -1.98. The minimum atomic E-state index is -0.104. The smallest absolute Gasteiger partial charge is 0.0512 e. The molecule has 0 aliphatic carbocycles. The van der Waals surface area contributed by atoms with Crippen molar-refractivity contribution in [2.45, 2.75) is 83.7 Å². The second kappa shape index (κ2) is 12.0. The first-order valence-corrected chi connectivity index (χ1v) is 6.74. The van der Waals surface area contributed by atoms with Crippen LogP contribution in [0.4, 0.5) is 0 Å². The molecule has 0 bridgehead atoms. The van der Waals surface area contributed by atoms with Crippen LogP contribution < -0.4 is 0 Å². The van der Waals surface area contributed by atoms with E-state index in [0.29, 0.717) is 0 Å². The number of hydrogen-bond donors (Lipinski definition) is 1. The first-order chi connectivity index (χ1) is 7.27. The predicted molar refractivity (Wildman–Crippen MR) is 67.8 cm³/mol. The van der Waals surface area contributed by atoms with Gasteiger partial charge in [0.05, 0.1) is 6.10 Å². The monoisotopic (exact) mass is 213 g/mol. The minimum Gasteiger partial charge on any atom is -0.393 e. The van der Waals surface area contributed by atoms with Crippen LogP contribution >= 0.6 is 0 Å². The average molecular weight is 213 g/mol. The van der Waals surface area contributed by atoms with Gasteiger partial charge < -0.3 is 5.11 Å². The lowest BCUT2D eigenvalue weighted by atomic mass is 10.1. The third kappa shape index (κ3) is 14.0. The maximum Gasteiger partial charge on any atom is 0.0512 e. The highest BCUT2D eigenvalue weighted by molar-refractivity contribution is 4.50. The summed E-state index contributed by atoms with van der Waals surface area (Å²) < 4.78 is 0. The molecule has 1 nitrogen and oxygen atoms in total. The molecule has 0 spiro atoms. The SMILES string of the molecule is [CH2]CCCCCCCCCCCC(C)O. The fourth-order valence-corrected chi connectivity index (χ4v) is 1.85. The van der Waals surface area contributed by atoms with Crippen LogP contribution in [0.2, 0.25) is 0 Å². The van der Waals surface area contributed by atoms with Gasteiger partial charge in [-0.1, -0.05) is 71.1 Å². The van der Waals surface area contributed by atoms with Gasteiger partial charge in [0.1, 0.15) is 0 Å². The molecular weight excluding hydrogens is 184 g/mol. The van der Waals surface area contributed by atoms with Crippen molar-refractivity contribution in [3.63, 3.8) is 0 Å². The Labute approximate surface area is 96.3 Å². The fraction of sp³-hybridized carbons (Fsp3) is 0.929. The molecule has 0 fully saturated rings. The molecule has 0 saturated carbocycles. The topological polar surface area (TPSA) is 20.2 Å². The number of rotatable bonds is 11. The van der Waals surface area contributed by atoms with Gasteiger partial charge in [0, 0.05) is 0 Å². The van der Waals surface area contributed by atoms with Gasteiger partial charge in [-0.2, -0.15) is 0 Å². The molecule has 0 heterocycles. The third-order valence-electron chi connectivity index (χ3n) is 2.87. The molecule has 91 valence electrons. The van der Waals surface area contributed by atoms with Crippen molar-refractivity contribution in [1.82, 2.24) is 0 Å². The second-order valence-corrected chi connectivity index (χ2v) is 4.67. The first-order valence-electron chi connectivity index (χ1n) is 6.74. The Morgan fingerprint density at radius 2 is 1.20 bits per heavy atom. The zero-order valence-corrected chi connectivity index (χ0v) is 10.5. The Bertz CT molecular complexity index is 110. The fourth-order valence-electron chi connectivity index (χ4n) is 1.85. The molecule has 1 heteroatoms. The van der Waals surface area contributed by atoms with Crippen molar-refractivity contribution in [1.29, 1.82) is 0 Å². The van der Waals surface area contributed by atoms with Gasteiger partial charge in [0.15, 0.2) is 0 Å². The molecule has 0 amide bonds. The zero-order valence-electron chi connectivity index (χ0n) is 10.5. The van der Waals surface area contributed by atoms with Gasteiger partial charge in [0.2, 0.25) is 0 Å². The molecule has 0 aromatic carbocycles. The number of aliphatic hydroxyl groups is 1. The maximum atomic E-state index is 9.07. The molecule has 1 unspecified atom stereocenters. The molecule has 15 heavy (non-hydrogen) atoms. The molecule has 1 radical (unpaired) electrons. The quantitative estimate of drug-likeness (QED) is 0.501. The lowest BCUT2D eigenvalue weighted by molar-refractivity contribution is 0.180. The summed E-state index contributed by atoms with van der Waals surface area (Å²) in [6.45, 7) is 5.72. The molecule has 0 rings (SSSR count). The van der Waals surface area contributed by atoms with Crippen molar-refractivity contribution >= 4 is 0 Å². The Morgan fingerprint density at radius 3 is 1.60 bits per heavy atom. The van der Waals surface area contributed by atoms with E-state index in [0.717, 1.165) is 12.8 Å². The van der Waals surface area contributed by atoms with E-state index in [2.05, 4.69) is 6.92 Å². The molecule has 0 aliphatic rings. The number of unbranched alkanes of at least 4 members (excludes halogenated alkanes) is 9. The Balaban J connectivity index is 2.87. The molecule has 0 aromatic rings. The van der Waals surface area contributed by atoms with Crippen LogP contribution in [-0.4, -0.2) is 11.2 Å². The molecular formula is C14H29O. The van der Waals surface area contributed by atoms with Crippen molar-refractivity contribution in [3.05, 3.63) is 6.92 Å². The average Bonchev–Trinajstić information content (AvgIpc) is 2.20. The Hall–Kier alpha value is -0.0400. The summed E-state index contributed by atoms with van der Waals surface area (Å²) in [6, 6.07) is 0. The lowest BCUT2D eigenvalue weighted by Gasteiger charge is -2.04. The minimum absolute atomic E-state index is 0.104. The Morgan fingerprint density at radius 1 is 0.800 bits per heavy atom. The molecule has 0 aliphatic heterocycles. The summed E-state index contributed by atoms with van der Waals surface area (Å²) in [4.78, 5) is 0. The summed E-state index contributed by atoms with van der Waals surface area (Å²) in [6.07, 6.45) is 14.0. The van der Waals surface area contributed by atoms with Crippen LogP contribution in [0.5, 0.6) is 0 Å². The maximum absolute atomic E-state index is 9.07. The standard InChI is InChI=1S/C14H29O/c1-3-4-5-6-7-8-9-10-11-12-13-14(2)15/h14-15H,1,3-13H2,2H3. The predicted octanol–water partition coefficient (Wildman–Crippen LogP) is 4.49.